The average Bonchev–Trinajstić information content (AvgIpc) is 1.99. The smallest absolute Gasteiger partial charge is 0.0911 e. The van der Waals surface area contributed by atoms with Crippen LogP contribution >= 0.6 is 0 Å². The quantitative estimate of drug-likeness (QED) is 0.607. The largest absolute Gasteiger partial charge is 0.375 e. The molecule has 0 spiro atoms. The highest BCUT2D eigenvalue weighted by molar-refractivity contribution is 4.88. The van der Waals surface area contributed by atoms with Crippen LogP contribution in [0.4, 0.5) is 0 Å². The Bertz CT molecular complexity index is 95.4. The van der Waals surface area contributed by atoms with Gasteiger partial charge in [0, 0.05) is 13.1 Å². The molecule has 0 amide bonds. The zero-order valence-corrected chi connectivity index (χ0v) is 7.20. The van der Waals surface area contributed by atoms with Crippen molar-refractivity contribution < 1.29 is 0 Å². The van der Waals surface area contributed by atoms with Crippen molar-refractivity contribution >= 4 is 0 Å². The molecule has 0 aliphatic rings. The van der Waals surface area contributed by atoms with Gasteiger partial charge in [0.25, 0.3) is 0 Å². The van der Waals surface area contributed by atoms with Gasteiger partial charge in [-0.05, 0) is 12.8 Å². The molecule has 0 aromatic rings. The van der Waals surface area contributed by atoms with E-state index in [9.17, 15) is 0 Å². The van der Waals surface area contributed by atoms with Gasteiger partial charge in [-0.2, -0.15) is 0 Å². The van der Waals surface area contributed by atoms with Gasteiger partial charge in [-0.3, -0.25) is 0 Å². The van der Waals surface area contributed by atoms with Gasteiger partial charge < -0.3 is 10.6 Å². The van der Waals surface area contributed by atoms with E-state index in [1.807, 2.05) is 7.05 Å². The molecule has 0 unspecified atom stereocenters. The lowest BCUT2D eigenvalue weighted by Gasteiger charge is -2.17. The van der Waals surface area contributed by atoms with Crippen molar-refractivity contribution in [3.05, 3.63) is 12.4 Å². The fourth-order valence-corrected chi connectivity index (χ4v) is 0.811. The summed E-state index contributed by atoms with van der Waals surface area (Å²) in [5.41, 5.74) is 0. The molecule has 0 aliphatic heterocycles. The summed E-state index contributed by atoms with van der Waals surface area (Å²) in [5.74, 6) is 0.911. The van der Waals surface area contributed by atoms with Crippen LogP contribution in [0.5, 0.6) is 0 Å². The molecule has 0 atom stereocenters. The van der Waals surface area contributed by atoms with Crippen LogP contribution in [0.25, 0.3) is 0 Å². The van der Waals surface area contributed by atoms with Crippen molar-refractivity contribution in [3.63, 3.8) is 0 Å². The summed E-state index contributed by atoms with van der Waals surface area (Å²) in [6, 6.07) is 0.569. The van der Waals surface area contributed by atoms with E-state index in [4.69, 9.17) is 0 Å². The maximum atomic E-state index is 3.79. The van der Waals surface area contributed by atoms with Crippen molar-refractivity contribution in [2.75, 3.05) is 7.05 Å². The highest BCUT2D eigenvalue weighted by Crippen LogP contribution is 1.96. The molecule has 2 nitrogen and oxygen atoms in total. The van der Waals surface area contributed by atoms with Crippen LogP contribution in [-0.4, -0.2) is 13.1 Å². The van der Waals surface area contributed by atoms with Gasteiger partial charge >= 0.3 is 0 Å². The fraction of sp³-hybridized carbons (Fsp3) is 0.750. The summed E-state index contributed by atoms with van der Waals surface area (Å²) < 4.78 is 0. The summed E-state index contributed by atoms with van der Waals surface area (Å²) >= 11 is 0. The Morgan fingerprint density at radius 3 is 2.20 bits per heavy atom. The van der Waals surface area contributed by atoms with Crippen molar-refractivity contribution in [1.82, 2.24) is 10.6 Å². The monoisotopic (exact) mass is 142 g/mol. The maximum absolute atomic E-state index is 3.79. The minimum absolute atomic E-state index is 0.569. The first-order chi connectivity index (χ1) is 4.74. The molecule has 0 saturated carbocycles. The molecule has 2 N–H and O–H groups in total. The van der Waals surface area contributed by atoms with Crippen molar-refractivity contribution in [2.24, 2.45) is 0 Å². The van der Waals surface area contributed by atoms with Gasteiger partial charge in [-0.1, -0.05) is 20.4 Å². The topological polar surface area (TPSA) is 24.1 Å². The second-order valence-corrected chi connectivity index (χ2v) is 2.39. The van der Waals surface area contributed by atoms with Gasteiger partial charge in [0.2, 0.25) is 0 Å². The van der Waals surface area contributed by atoms with Crippen LogP contribution in [0.3, 0.4) is 0 Å². The Kier molecular flexibility index (Phi) is 4.81. The molecular weight excluding hydrogens is 124 g/mol. The predicted molar refractivity (Wildman–Crippen MR) is 45.7 cm³/mol. The van der Waals surface area contributed by atoms with Crippen LogP contribution in [-0.2, 0) is 0 Å². The minimum atomic E-state index is 0.569. The number of hydrogen-bond donors (Lipinski definition) is 2. The molecule has 0 heterocycles. The molecule has 0 aromatic carbocycles. The van der Waals surface area contributed by atoms with Crippen LogP contribution < -0.4 is 10.6 Å². The third-order valence-electron chi connectivity index (χ3n) is 1.67. The van der Waals surface area contributed by atoms with E-state index in [0.29, 0.717) is 6.04 Å². The molecule has 0 aliphatic carbocycles. The van der Waals surface area contributed by atoms with E-state index in [1.54, 1.807) is 0 Å². The van der Waals surface area contributed by atoms with E-state index in [-0.39, 0.29) is 0 Å². The zero-order valence-electron chi connectivity index (χ0n) is 7.20. The molecule has 10 heavy (non-hydrogen) atoms. The van der Waals surface area contributed by atoms with Crippen LogP contribution in [0.15, 0.2) is 12.4 Å². The van der Waals surface area contributed by atoms with Gasteiger partial charge in [0.05, 0.1) is 5.82 Å². The lowest BCUT2D eigenvalue weighted by molar-refractivity contribution is 0.518. The van der Waals surface area contributed by atoms with Gasteiger partial charge in [-0.15, -0.1) is 0 Å². The lowest BCUT2D eigenvalue weighted by Crippen LogP contribution is -2.31. The van der Waals surface area contributed by atoms with Crippen molar-refractivity contribution in [3.8, 4) is 0 Å². The predicted octanol–water partition coefficient (Wildman–Crippen LogP) is 1.46. The highest BCUT2D eigenvalue weighted by Gasteiger charge is 2.00. The van der Waals surface area contributed by atoms with Crippen molar-refractivity contribution in [1.29, 1.82) is 0 Å². The average molecular weight is 142 g/mol. The van der Waals surface area contributed by atoms with Crippen LogP contribution in [0.2, 0.25) is 0 Å². The van der Waals surface area contributed by atoms with Gasteiger partial charge in [-0.25, -0.2) is 0 Å². The van der Waals surface area contributed by atoms with E-state index < -0.39 is 0 Å². The summed E-state index contributed by atoms with van der Waals surface area (Å²) in [4.78, 5) is 0. The SMILES string of the molecule is C=C(NC)NC(CC)CC. The molecule has 0 saturated heterocycles. The number of hydrogen-bond acceptors (Lipinski definition) is 2. The maximum Gasteiger partial charge on any atom is 0.0911 e. The Morgan fingerprint density at radius 1 is 1.40 bits per heavy atom. The first-order valence-corrected chi connectivity index (χ1v) is 3.87. The molecule has 2 heteroatoms. The fourth-order valence-electron chi connectivity index (χ4n) is 0.811. The highest BCUT2D eigenvalue weighted by atomic mass is 15.1. The summed E-state index contributed by atoms with van der Waals surface area (Å²) in [5, 5.41) is 6.22. The third-order valence-corrected chi connectivity index (χ3v) is 1.67. The Balaban J connectivity index is 3.52. The van der Waals surface area contributed by atoms with E-state index >= 15 is 0 Å². The normalized spacial score (nSPS) is 9.60. The minimum Gasteiger partial charge on any atom is -0.375 e. The van der Waals surface area contributed by atoms with E-state index in [2.05, 4.69) is 31.1 Å². The van der Waals surface area contributed by atoms with E-state index in [1.165, 1.54) is 0 Å². The molecule has 0 fully saturated rings. The summed E-state index contributed by atoms with van der Waals surface area (Å²) in [7, 11) is 1.87. The number of nitrogens with one attached hydrogen (secondary N) is 2. The molecule has 0 aromatic heterocycles. The van der Waals surface area contributed by atoms with E-state index in [0.717, 1.165) is 18.7 Å². The second kappa shape index (κ2) is 5.15. The van der Waals surface area contributed by atoms with Gasteiger partial charge in [0.1, 0.15) is 0 Å². The third kappa shape index (κ3) is 3.38. The Labute approximate surface area is 63.7 Å². The van der Waals surface area contributed by atoms with Crippen molar-refractivity contribution in [2.45, 2.75) is 32.7 Å². The Hall–Kier alpha value is -0.660. The Morgan fingerprint density at radius 2 is 1.90 bits per heavy atom. The molecule has 0 bridgehead atoms. The lowest BCUT2D eigenvalue weighted by atomic mass is 10.2. The van der Waals surface area contributed by atoms with Crippen LogP contribution in [0.1, 0.15) is 26.7 Å². The molecule has 0 rings (SSSR count). The second-order valence-electron chi connectivity index (χ2n) is 2.39. The zero-order chi connectivity index (χ0) is 7.98. The first-order valence-electron chi connectivity index (χ1n) is 3.87. The molecule has 60 valence electrons. The summed E-state index contributed by atoms with van der Waals surface area (Å²) in [6.07, 6.45) is 2.30. The summed E-state index contributed by atoms with van der Waals surface area (Å²) in [6.45, 7) is 8.13. The van der Waals surface area contributed by atoms with Crippen LogP contribution in [0, 0.1) is 0 Å². The molecule has 0 radical (unpaired) electrons. The first kappa shape index (κ1) is 9.34. The number of rotatable bonds is 5. The standard InChI is InChI=1S/C8H18N2/c1-5-8(6-2)10-7(3)9-4/h8-10H,3,5-6H2,1-2,4H3. The van der Waals surface area contributed by atoms with Gasteiger partial charge in [0.15, 0.2) is 0 Å². The molecular formula is C8H18N2.